The summed E-state index contributed by atoms with van der Waals surface area (Å²) in [6, 6.07) is 18.3. The van der Waals surface area contributed by atoms with E-state index in [1.54, 1.807) is 6.33 Å². The third kappa shape index (κ3) is 1.82. The van der Waals surface area contributed by atoms with Gasteiger partial charge < -0.3 is 5.32 Å². The monoisotopic (exact) mass is 296 g/mol. The summed E-state index contributed by atoms with van der Waals surface area (Å²) < 4.78 is 0. The summed E-state index contributed by atoms with van der Waals surface area (Å²) in [5, 5.41) is 7.85. The van der Waals surface area contributed by atoms with E-state index in [2.05, 4.69) is 32.4 Å². The highest BCUT2D eigenvalue weighted by Crippen LogP contribution is 2.35. The number of nitrogens with one attached hydrogen (secondary N) is 1. The molecule has 3 aromatic carbocycles. The fourth-order valence-corrected chi connectivity index (χ4v) is 3.12. The molecule has 0 atom stereocenters. The number of benzene rings is 3. The van der Waals surface area contributed by atoms with Crippen molar-refractivity contribution in [2.24, 2.45) is 0 Å². The van der Waals surface area contributed by atoms with Crippen molar-refractivity contribution in [2.75, 3.05) is 5.32 Å². The molecule has 2 heterocycles. The molecule has 0 bridgehead atoms. The Kier molecular flexibility index (Phi) is 2.46. The number of rotatable bonds is 2. The highest BCUT2D eigenvalue weighted by molar-refractivity contribution is 6.23. The van der Waals surface area contributed by atoms with E-state index in [-0.39, 0.29) is 0 Å². The van der Waals surface area contributed by atoms with Crippen molar-refractivity contribution in [2.45, 2.75) is 0 Å². The topological polar surface area (TPSA) is 50.7 Å². The number of hydrogen-bond acceptors (Lipinski definition) is 4. The van der Waals surface area contributed by atoms with E-state index in [1.807, 2.05) is 48.7 Å². The maximum Gasteiger partial charge on any atom is 0.138 e. The SMILES string of the molecule is c1ccc(Nc2ncc3ccc4ncnc5ccc2c3c45)cc1. The normalized spacial score (nSPS) is 11.5. The van der Waals surface area contributed by atoms with Gasteiger partial charge in [0.25, 0.3) is 0 Å². The molecule has 4 nitrogen and oxygen atoms in total. The molecular formula is C19H12N4. The Morgan fingerprint density at radius 3 is 2.30 bits per heavy atom. The summed E-state index contributed by atoms with van der Waals surface area (Å²) in [5.74, 6) is 0.849. The average Bonchev–Trinajstić information content (AvgIpc) is 2.62. The standard InChI is InChI=1S/C19H12N4/c1-2-4-13(5-3-1)23-19-14-7-9-16-18-15(21-11-22-16)8-6-12(10-20-19)17(14)18/h1-11H,(H,20,23). The zero-order valence-electron chi connectivity index (χ0n) is 12.2. The van der Waals surface area contributed by atoms with E-state index in [4.69, 9.17) is 0 Å². The first-order valence-electron chi connectivity index (χ1n) is 7.47. The first-order valence-corrected chi connectivity index (χ1v) is 7.47. The fraction of sp³-hybridized carbons (Fsp3) is 0. The highest BCUT2D eigenvalue weighted by Gasteiger charge is 2.12. The van der Waals surface area contributed by atoms with Crippen molar-refractivity contribution in [1.29, 1.82) is 0 Å². The van der Waals surface area contributed by atoms with Crippen LogP contribution in [-0.2, 0) is 0 Å². The van der Waals surface area contributed by atoms with Crippen molar-refractivity contribution >= 4 is 44.1 Å². The molecule has 23 heavy (non-hydrogen) atoms. The third-order valence-electron chi connectivity index (χ3n) is 4.17. The third-order valence-corrected chi connectivity index (χ3v) is 4.17. The summed E-state index contributed by atoms with van der Waals surface area (Å²) in [6.07, 6.45) is 3.52. The van der Waals surface area contributed by atoms with Gasteiger partial charge in [0.2, 0.25) is 0 Å². The highest BCUT2D eigenvalue weighted by atomic mass is 15.0. The molecule has 5 aromatic rings. The molecule has 0 saturated heterocycles. The number of hydrogen-bond donors (Lipinski definition) is 1. The van der Waals surface area contributed by atoms with Gasteiger partial charge >= 0.3 is 0 Å². The zero-order chi connectivity index (χ0) is 15.2. The first-order chi connectivity index (χ1) is 11.4. The Hall–Kier alpha value is -3.27. The van der Waals surface area contributed by atoms with Crippen LogP contribution in [0.5, 0.6) is 0 Å². The van der Waals surface area contributed by atoms with E-state index in [9.17, 15) is 0 Å². The fourth-order valence-electron chi connectivity index (χ4n) is 3.12. The molecule has 0 aliphatic heterocycles. The molecule has 0 saturated carbocycles. The van der Waals surface area contributed by atoms with Crippen LogP contribution in [0.4, 0.5) is 11.5 Å². The summed E-state index contributed by atoms with van der Waals surface area (Å²) >= 11 is 0. The number of anilines is 2. The largest absolute Gasteiger partial charge is 0.340 e. The van der Waals surface area contributed by atoms with E-state index in [0.717, 1.165) is 44.1 Å². The van der Waals surface area contributed by atoms with Gasteiger partial charge in [0, 0.05) is 33.4 Å². The van der Waals surface area contributed by atoms with Crippen LogP contribution in [0, 0.1) is 0 Å². The van der Waals surface area contributed by atoms with Gasteiger partial charge in [0.1, 0.15) is 12.1 Å². The molecule has 2 aromatic heterocycles. The second-order valence-electron chi connectivity index (χ2n) is 5.53. The molecule has 4 heteroatoms. The molecule has 0 aliphatic rings. The molecule has 0 radical (unpaired) electrons. The van der Waals surface area contributed by atoms with Gasteiger partial charge in [0.05, 0.1) is 11.0 Å². The molecule has 0 spiro atoms. The zero-order valence-corrected chi connectivity index (χ0v) is 12.2. The molecule has 1 N–H and O–H groups in total. The van der Waals surface area contributed by atoms with Gasteiger partial charge in [-0.15, -0.1) is 0 Å². The van der Waals surface area contributed by atoms with Crippen molar-refractivity contribution in [3.63, 3.8) is 0 Å². The van der Waals surface area contributed by atoms with Gasteiger partial charge in [-0.3, -0.25) is 0 Å². The van der Waals surface area contributed by atoms with E-state index >= 15 is 0 Å². The Bertz CT molecular complexity index is 1120. The number of pyridine rings is 1. The first kappa shape index (κ1) is 12.3. The van der Waals surface area contributed by atoms with Crippen LogP contribution in [0.3, 0.4) is 0 Å². The van der Waals surface area contributed by atoms with Crippen molar-refractivity contribution < 1.29 is 0 Å². The second kappa shape index (κ2) is 4.61. The molecular weight excluding hydrogens is 284 g/mol. The number of aromatic nitrogens is 3. The summed E-state index contributed by atoms with van der Waals surface area (Å²) in [6.45, 7) is 0. The van der Waals surface area contributed by atoms with Gasteiger partial charge in [-0.2, -0.15) is 0 Å². The lowest BCUT2D eigenvalue weighted by Crippen LogP contribution is -1.96. The van der Waals surface area contributed by atoms with Crippen LogP contribution in [0.25, 0.3) is 32.6 Å². The van der Waals surface area contributed by atoms with Crippen LogP contribution < -0.4 is 5.32 Å². The quantitative estimate of drug-likeness (QED) is 0.487. The Morgan fingerprint density at radius 2 is 1.48 bits per heavy atom. The summed E-state index contributed by atoms with van der Waals surface area (Å²) in [7, 11) is 0. The molecule has 0 aliphatic carbocycles. The second-order valence-corrected chi connectivity index (χ2v) is 5.53. The van der Waals surface area contributed by atoms with Crippen LogP contribution in [0.15, 0.2) is 67.1 Å². The lowest BCUT2D eigenvalue weighted by atomic mass is 10.0. The van der Waals surface area contributed by atoms with Gasteiger partial charge in [-0.1, -0.05) is 24.3 Å². The lowest BCUT2D eigenvalue weighted by Gasteiger charge is -2.13. The minimum atomic E-state index is 0.849. The summed E-state index contributed by atoms with van der Waals surface area (Å²) in [5.41, 5.74) is 2.95. The molecule has 0 fully saturated rings. The average molecular weight is 296 g/mol. The van der Waals surface area contributed by atoms with Gasteiger partial charge in [0.15, 0.2) is 0 Å². The predicted octanol–water partition coefficient (Wildman–Crippen LogP) is 4.51. The minimum absolute atomic E-state index is 0.849. The maximum absolute atomic E-state index is 4.61. The molecule has 5 rings (SSSR count). The van der Waals surface area contributed by atoms with Crippen molar-refractivity contribution in [3.8, 4) is 0 Å². The predicted molar refractivity (Wildman–Crippen MR) is 93.3 cm³/mol. The minimum Gasteiger partial charge on any atom is -0.340 e. The van der Waals surface area contributed by atoms with E-state index < -0.39 is 0 Å². The van der Waals surface area contributed by atoms with Crippen LogP contribution in [0.2, 0.25) is 0 Å². The number of nitrogens with zero attached hydrogens (tertiary/aromatic N) is 3. The van der Waals surface area contributed by atoms with Crippen molar-refractivity contribution in [3.05, 3.63) is 67.1 Å². The van der Waals surface area contributed by atoms with Gasteiger partial charge in [-0.05, 0) is 30.3 Å². The molecule has 0 unspecified atom stereocenters. The molecule has 0 amide bonds. The van der Waals surface area contributed by atoms with Gasteiger partial charge in [-0.25, -0.2) is 15.0 Å². The van der Waals surface area contributed by atoms with Crippen LogP contribution >= 0.6 is 0 Å². The van der Waals surface area contributed by atoms with Crippen LogP contribution in [-0.4, -0.2) is 15.0 Å². The van der Waals surface area contributed by atoms with Crippen LogP contribution in [0.1, 0.15) is 0 Å². The Labute approximate surface area is 132 Å². The van der Waals surface area contributed by atoms with E-state index in [1.165, 1.54) is 0 Å². The molecule has 108 valence electrons. The lowest BCUT2D eigenvalue weighted by molar-refractivity contribution is 1.26. The summed E-state index contributed by atoms with van der Waals surface area (Å²) in [4.78, 5) is 13.4. The Balaban J connectivity index is 1.84. The Morgan fingerprint density at radius 1 is 0.696 bits per heavy atom. The van der Waals surface area contributed by atoms with E-state index in [0.29, 0.717) is 0 Å². The number of para-hydroxylation sites is 1. The van der Waals surface area contributed by atoms with Crippen molar-refractivity contribution in [1.82, 2.24) is 15.0 Å². The maximum atomic E-state index is 4.61. The smallest absolute Gasteiger partial charge is 0.138 e.